The molecule has 0 radical (unpaired) electrons. The van der Waals surface area contributed by atoms with Crippen molar-refractivity contribution in [1.82, 2.24) is 4.90 Å². The highest BCUT2D eigenvalue weighted by Crippen LogP contribution is 2.43. The van der Waals surface area contributed by atoms with Crippen molar-refractivity contribution in [2.24, 2.45) is 11.1 Å². The zero-order valence-corrected chi connectivity index (χ0v) is 27.6. The van der Waals surface area contributed by atoms with Crippen molar-refractivity contribution in [3.8, 4) is 0 Å². The van der Waals surface area contributed by atoms with E-state index in [2.05, 4.69) is 0 Å². The molecule has 6 nitrogen and oxygen atoms in total. The Morgan fingerprint density at radius 2 is 0.894 bits per heavy atom. The summed E-state index contributed by atoms with van der Waals surface area (Å²) < 4.78 is 0. The molecule has 6 heteroatoms. The van der Waals surface area contributed by atoms with E-state index in [1.807, 2.05) is 135 Å². The highest BCUT2D eigenvalue weighted by Gasteiger charge is 2.55. The van der Waals surface area contributed by atoms with Gasteiger partial charge in [0, 0.05) is 25.7 Å². The summed E-state index contributed by atoms with van der Waals surface area (Å²) in [5.41, 5.74) is 5.46. The lowest BCUT2D eigenvalue weighted by Crippen LogP contribution is -2.67. The van der Waals surface area contributed by atoms with E-state index in [1.54, 1.807) is 4.90 Å². The third-order valence-electron chi connectivity index (χ3n) is 10.4. The van der Waals surface area contributed by atoms with Crippen LogP contribution in [-0.2, 0) is 35.3 Å². The van der Waals surface area contributed by atoms with Gasteiger partial charge < -0.3 is 20.8 Å². The highest BCUT2D eigenvalue weighted by molar-refractivity contribution is 6.05. The molecule has 2 atom stereocenters. The molecular formula is C41H48N2O4. The number of nitrogens with zero attached hydrogens (tertiary/aromatic N) is 1. The maximum absolute atomic E-state index is 15.1. The molecule has 0 aliphatic heterocycles. The number of carbonyl (C=O) groups excluding carboxylic acids is 2. The molecule has 4 N–H and O–H groups in total. The molecule has 5 rings (SSSR count). The second-order valence-corrected chi connectivity index (χ2v) is 13.6. The molecule has 1 saturated carbocycles. The van der Waals surface area contributed by atoms with Crippen LogP contribution in [0.2, 0.25) is 0 Å². The van der Waals surface area contributed by atoms with E-state index in [-0.39, 0.29) is 25.7 Å². The van der Waals surface area contributed by atoms with Gasteiger partial charge >= 0.3 is 0 Å². The molecule has 1 aliphatic carbocycles. The normalized spacial score (nSPS) is 15.9. The van der Waals surface area contributed by atoms with Crippen LogP contribution in [0.1, 0.15) is 61.8 Å². The Morgan fingerprint density at radius 3 is 1.15 bits per heavy atom. The van der Waals surface area contributed by atoms with Crippen LogP contribution in [0.3, 0.4) is 0 Å². The van der Waals surface area contributed by atoms with Gasteiger partial charge in [-0.25, -0.2) is 0 Å². The fraction of sp³-hybridized carbons (Fsp3) is 0.366. The minimum Gasteiger partial charge on any atom is -0.387 e. The Bertz CT molecular complexity index is 1410. The molecular weight excluding hydrogens is 584 g/mol. The van der Waals surface area contributed by atoms with Gasteiger partial charge in [-0.15, -0.1) is 0 Å². The third kappa shape index (κ3) is 7.66. The summed E-state index contributed by atoms with van der Waals surface area (Å²) in [4.78, 5) is 30.0. The number of hydrogen-bond donors (Lipinski definition) is 3. The van der Waals surface area contributed by atoms with Crippen molar-refractivity contribution in [3.05, 3.63) is 144 Å². The highest BCUT2D eigenvalue weighted by atomic mass is 16.3. The van der Waals surface area contributed by atoms with Crippen molar-refractivity contribution in [1.29, 1.82) is 0 Å². The van der Waals surface area contributed by atoms with Crippen LogP contribution in [0.5, 0.6) is 0 Å². The molecule has 4 aromatic rings. The topological polar surface area (TPSA) is 104 Å². The molecule has 0 saturated heterocycles. The Hall–Kier alpha value is -4.26. The van der Waals surface area contributed by atoms with E-state index in [0.29, 0.717) is 25.7 Å². The van der Waals surface area contributed by atoms with Crippen LogP contribution in [0, 0.1) is 5.41 Å². The van der Waals surface area contributed by atoms with Gasteiger partial charge in [-0.2, -0.15) is 0 Å². The molecule has 246 valence electrons. The fourth-order valence-corrected chi connectivity index (χ4v) is 7.51. The summed E-state index contributed by atoms with van der Waals surface area (Å²) in [6.07, 6.45) is 3.17. The van der Waals surface area contributed by atoms with Gasteiger partial charge in [0.05, 0.1) is 23.3 Å². The van der Waals surface area contributed by atoms with Crippen LogP contribution < -0.4 is 5.73 Å². The monoisotopic (exact) mass is 632 g/mol. The molecule has 0 unspecified atom stereocenters. The second kappa shape index (κ2) is 14.7. The van der Waals surface area contributed by atoms with Crippen molar-refractivity contribution >= 4 is 11.8 Å². The summed E-state index contributed by atoms with van der Waals surface area (Å²) in [7, 11) is 0. The number of primary amides is 1. The molecule has 47 heavy (non-hydrogen) atoms. The van der Waals surface area contributed by atoms with Crippen LogP contribution in [0.4, 0.5) is 0 Å². The first-order chi connectivity index (χ1) is 22.6. The Morgan fingerprint density at radius 1 is 0.617 bits per heavy atom. The minimum absolute atomic E-state index is 0.264. The fourth-order valence-electron chi connectivity index (χ4n) is 7.51. The standard InChI is InChI=1S/C41H48N2O4/c1-31(40(46,27-33-17-7-3-8-18-33)28-34-19-9-4-10-20-34)43(38(45)39(37(42)44)25-15-16-26-39)32(2)41(47,29-35-21-11-5-12-22-35)30-36-23-13-6-14-24-36/h3-14,17-24,31-32,46-47H,15-16,25-30H2,1-2H3,(H2,42,44)/t31-,32-/m1/s1. The van der Waals surface area contributed by atoms with Crippen LogP contribution in [-0.4, -0.2) is 50.2 Å². The number of rotatable bonds is 14. The zero-order chi connectivity index (χ0) is 33.5. The van der Waals surface area contributed by atoms with Crippen LogP contribution in [0.15, 0.2) is 121 Å². The van der Waals surface area contributed by atoms with E-state index >= 15 is 4.79 Å². The maximum Gasteiger partial charge on any atom is 0.238 e. The number of aliphatic hydroxyl groups is 2. The van der Waals surface area contributed by atoms with E-state index in [4.69, 9.17) is 5.73 Å². The predicted molar refractivity (Wildman–Crippen MR) is 186 cm³/mol. The summed E-state index contributed by atoms with van der Waals surface area (Å²) >= 11 is 0. The van der Waals surface area contributed by atoms with E-state index in [9.17, 15) is 15.0 Å². The Kier molecular flexibility index (Phi) is 10.6. The number of carbonyl (C=O) groups is 2. The Labute approximate surface area is 279 Å². The number of amides is 2. The van der Waals surface area contributed by atoms with Gasteiger partial charge in [0.15, 0.2) is 0 Å². The van der Waals surface area contributed by atoms with Gasteiger partial charge in [-0.1, -0.05) is 134 Å². The molecule has 0 bridgehead atoms. The minimum atomic E-state index is -1.45. The lowest BCUT2D eigenvalue weighted by Gasteiger charge is -2.50. The first-order valence-electron chi connectivity index (χ1n) is 16.8. The molecule has 0 heterocycles. The van der Waals surface area contributed by atoms with Crippen LogP contribution >= 0.6 is 0 Å². The van der Waals surface area contributed by atoms with E-state index < -0.39 is 40.5 Å². The van der Waals surface area contributed by atoms with Crippen molar-refractivity contribution < 1.29 is 19.8 Å². The number of nitrogens with two attached hydrogens (primary N) is 1. The molecule has 1 fully saturated rings. The van der Waals surface area contributed by atoms with Crippen molar-refractivity contribution in [2.75, 3.05) is 0 Å². The Balaban J connectivity index is 1.65. The largest absolute Gasteiger partial charge is 0.387 e. The molecule has 1 aliphatic rings. The average Bonchev–Trinajstić information content (AvgIpc) is 3.58. The molecule has 0 spiro atoms. The second-order valence-electron chi connectivity index (χ2n) is 13.6. The van der Waals surface area contributed by atoms with Crippen LogP contribution in [0.25, 0.3) is 0 Å². The lowest BCUT2D eigenvalue weighted by atomic mass is 9.75. The number of hydrogen-bond acceptors (Lipinski definition) is 4. The van der Waals surface area contributed by atoms with Crippen molar-refractivity contribution in [2.45, 2.75) is 88.5 Å². The molecule has 2 amide bonds. The van der Waals surface area contributed by atoms with Gasteiger partial charge in [-0.05, 0) is 48.9 Å². The maximum atomic E-state index is 15.1. The van der Waals surface area contributed by atoms with Gasteiger partial charge in [0.1, 0.15) is 5.41 Å². The van der Waals surface area contributed by atoms with Gasteiger partial charge in [0.25, 0.3) is 0 Å². The quantitative estimate of drug-likeness (QED) is 0.147. The first kappa shape index (κ1) is 34.1. The molecule has 4 aromatic carbocycles. The first-order valence-corrected chi connectivity index (χ1v) is 16.8. The number of benzene rings is 4. The third-order valence-corrected chi connectivity index (χ3v) is 10.4. The van der Waals surface area contributed by atoms with Gasteiger partial charge in [0.2, 0.25) is 11.8 Å². The lowest BCUT2D eigenvalue weighted by molar-refractivity contribution is -0.168. The summed E-state index contributed by atoms with van der Waals surface area (Å²) in [6.45, 7) is 3.71. The summed E-state index contributed by atoms with van der Waals surface area (Å²) in [5.74, 6) is -1.06. The zero-order valence-electron chi connectivity index (χ0n) is 27.6. The van der Waals surface area contributed by atoms with Gasteiger partial charge in [-0.3, -0.25) is 9.59 Å². The van der Waals surface area contributed by atoms with Crippen molar-refractivity contribution in [3.63, 3.8) is 0 Å². The predicted octanol–water partition coefficient (Wildman–Crippen LogP) is 6.07. The smallest absolute Gasteiger partial charge is 0.238 e. The molecule has 0 aromatic heterocycles. The SMILES string of the molecule is C[C@@H](N(C(=O)C1(C(N)=O)CCCC1)[C@H](C)C(O)(Cc1ccccc1)Cc1ccccc1)C(O)(Cc1ccccc1)Cc1ccccc1. The summed E-state index contributed by atoms with van der Waals surface area (Å²) in [6, 6.07) is 37.4. The van der Waals surface area contributed by atoms with E-state index in [1.165, 1.54) is 0 Å². The van der Waals surface area contributed by atoms with E-state index in [0.717, 1.165) is 22.3 Å². The average molecular weight is 633 g/mol. The summed E-state index contributed by atoms with van der Waals surface area (Å²) in [5, 5.41) is 25.7.